The van der Waals surface area contributed by atoms with E-state index in [0.29, 0.717) is 0 Å². The normalized spacial score (nSPS) is 15.8. The second-order valence-corrected chi connectivity index (χ2v) is 6.51. The van der Waals surface area contributed by atoms with Gasteiger partial charge in [0.2, 0.25) is 0 Å². The van der Waals surface area contributed by atoms with Gasteiger partial charge >= 0.3 is 0 Å². The maximum absolute atomic E-state index is 10.6. The summed E-state index contributed by atoms with van der Waals surface area (Å²) in [5.41, 5.74) is 3.85. The van der Waals surface area contributed by atoms with Crippen LogP contribution in [0.1, 0.15) is 29.8 Å². The van der Waals surface area contributed by atoms with Gasteiger partial charge in [0.1, 0.15) is 6.29 Å². The minimum atomic E-state index is 0.721. The molecule has 1 aromatic carbocycles. The summed E-state index contributed by atoms with van der Waals surface area (Å²) in [6.45, 7) is 3.22. The van der Waals surface area contributed by atoms with Crippen LogP contribution in [0.15, 0.2) is 54.6 Å². The van der Waals surface area contributed by atoms with E-state index in [-0.39, 0.29) is 0 Å². The first-order chi connectivity index (χ1) is 12.3. The smallest absolute Gasteiger partial charge is 0.142 e. The van der Waals surface area contributed by atoms with Crippen molar-refractivity contribution in [3.63, 3.8) is 0 Å². The topological polar surface area (TPSA) is 33.2 Å². The number of carbonyl (C=O) groups is 1. The molecule has 0 unspecified atom stereocenters. The van der Waals surface area contributed by atoms with E-state index >= 15 is 0 Å². The average molecular weight is 353 g/mol. The zero-order valence-electron chi connectivity index (χ0n) is 14.1. The van der Waals surface area contributed by atoms with Gasteiger partial charge in [0.05, 0.1) is 11.4 Å². The molecule has 2 heterocycles. The molecule has 1 aliphatic rings. The Morgan fingerprint density at radius 2 is 1.88 bits per heavy atom. The zero-order valence-corrected chi connectivity index (χ0v) is 14.8. The summed E-state index contributed by atoms with van der Waals surface area (Å²) in [6.07, 6.45) is 8.73. The first-order valence-electron chi connectivity index (χ1n) is 8.54. The van der Waals surface area contributed by atoms with Crippen molar-refractivity contribution in [1.29, 1.82) is 0 Å². The fraction of sp³-hybridized carbons (Fsp3) is 0.238. The number of hydrogen-bond donors (Lipinski definition) is 0. The molecule has 1 aliphatic heterocycles. The summed E-state index contributed by atoms with van der Waals surface area (Å²) in [4.78, 5) is 17.7. The molecule has 0 aliphatic carbocycles. The van der Waals surface area contributed by atoms with Gasteiger partial charge in [-0.25, -0.2) is 4.98 Å². The van der Waals surface area contributed by atoms with Gasteiger partial charge in [0.15, 0.2) is 0 Å². The Morgan fingerprint density at radius 1 is 1.12 bits per heavy atom. The molecule has 1 saturated heterocycles. The van der Waals surface area contributed by atoms with Crippen LogP contribution in [0.5, 0.6) is 0 Å². The van der Waals surface area contributed by atoms with E-state index in [4.69, 9.17) is 11.6 Å². The van der Waals surface area contributed by atoms with Gasteiger partial charge in [0, 0.05) is 17.1 Å². The van der Waals surface area contributed by atoms with Crippen LogP contribution in [0.2, 0.25) is 5.02 Å². The highest BCUT2D eigenvalue weighted by molar-refractivity contribution is 6.30. The van der Waals surface area contributed by atoms with Crippen molar-refractivity contribution >= 4 is 29.5 Å². The molecule has 0 radical (unpaired) electrons. The highest BCUT2D eigenvalue weighted by Crippen LogP contribution is 2.24. The van der Waals surface area contributed by atoms with Gasteiger partial charge in [-0.15, -0.1) is 0 Å². The third-order valence-corrected chi connectivity index (χ3v) is 4.55. The first-order valence-corrected chi connectivity index (χ1v) is 8.92. The quantitative estimate of drug-likeness (QED) is 0.568. The Hall–Kier alpha value is -2.23. The molecular formula is C21H21ClN2O. The first kappa shape index (κ1) is 17.6. The van der Waals surface area contributed by atoms with Crippen LogP contribution in [0.3, 0.4) is 0 Å². The molecule has 1 fully saturated rings. The lowest BCUT2D eigenvalue weighted by Crippen LogP contribution is -2.19. The van der Waals surface area contributed by atoms with Crippen LogP contribution < -0.4 is 0 Å². The summed E-state index contributed by atoms with van der Waals surface area (Å²) < 4.78 is 0. The minimum Gasteiger partial charge on any atom is -0.300 e. The summed E-state index contributed by atoms with van der Waals surface area (Å²) in [7, 11) is 0. The predicted octanol–water partition coefficient (Wildman–Crippen LogP) is 4.47. The summed E-state index contributed by atoms with van der Waals surface area (Å²) in [5.74, 6) is 0. The van der Waals surface area contributed by atoms with E-state index in [1.165, 1.54) is 18.9 Å². The monoisotopic (exact) mass is 352 g/mol. The highest BCUT2D eigenvalue weighted by Gasteiger charge is 2.12. The Labute approximate surface area is 153 Å². The third-order valence-electron chi connectivity index (χ3n) is 4.30. The number of benzene rings is 1. The van der Waals surface area contributed by atoms with Gasteiger partial charge < -0.3 is 0 Å². The molecule has 1 aromatic heterocycles. The Bertz CT molecular complexity index is 775. The van der Waals surface area contributed by atoms with Crippen molar-refractivity contribution in [1.82, 2.24) is 9.88 Å². The van der Waals surface area contributed by atoms with Crippen molar-refractivity contribution in [2.24, 2.45) is 0 Å². The molecule has 128 valence electrons. The fourth-order valence-electron chi connectivity index (χ4n) is 3.02. The molecule has 2 aromatic rings. The van der Waals surface area contributed by atoms with Crippen molar-refractivity contribution in [3.8, 4) is 0 Å². The number of pyridine rings is 1. The largest absolute Gasteiger partial charge is 0.300 e. The predicted molar refractivity (Wildman–Crippen MR) is 104 cm³/mol. The molecule has 0 atom stereocenters. The van der Waals surface area contributed by atoms with Gasteiger partial charge in [-0.1, -0.05) is 35.9 Å². The number of aromatic nitrogens is 1. The number of carbonyl (C=O) groups excluding carboxylic acids is 1. The highest BCUT2D eigenvalue weighted by atomic mass is 35.5. The molecule has 0 saturated carbocycles. The summed E-state index contributed by atoms with van der Waals surface area (Å²) in [6, 6.07) is 13.7. The number of aldehydes is 1. The number of nitrogens with zero attached hydrogens (tertiary/aromatic N) is 2. The molecule has 0 spiro atoms. The van der Waals surface area contributed by atoms with Crippen molar-refractivity contribution in [2.75, 3.05) is 19.6 Å². The summed E-state index contributed by atoms with van der Waals surface area (Å²) in [5, 5.41) is 0.721. The van der Waals surface area contributed by atoms with Gasteiger partial charge in [-0.05, 0) is 67.9 Å². The lowest BCUT2D eigenvalue weighted by Gasteiger charge is -2.14. The SMILES string of the molecule is O=C/C=C/c1cccc(C(=CCN2CCCC2)c2ccc(Cl)cc2)n1. The standard InChI is InChI=1S/C21H21ClN2O/c22-18-10-8-17(9-11-18)20(12-15-24-13-1-2-14-24)21-7-3-5-19(23-21)6-4-16-25/h3-12,16H,1-2,13-15H2/b6-4+,20-12?. The lowest BCUT2D eigenvalue weighted by atomic mass is 10.0. The Balaban J connectivity index is 1.95. The van der Waals surface area contributed by atoms with Crippen molar-refractivity contribution < 1.29 is 4.79 Å². The molecular weight excluding hydrogens is 332 g/mol. The van der Waals surface area contributed by atoms with E-state index in [0.717, 1.165) is 53.5 Å². The molecule has 25 heavy (non-hydrogen) atoms. The van der Waals surface area contributed by atoms with Crippen LogP contribution in [0.25, 0.3) is 11.6 Å². The maximum atomic E-state index is 10.6. The molecule has 0 amide bonds. The van der Waals surface area contributed by atoms with E-state index in [2.05, 4.69) is 16.0 Å². The van der Waals surface area contributed by atoms with Crippen LogP contribution >= 0.6 is 11.6 Å². The summed E-state index contributed by atoms with van der Waals surface area (Å²) >= 11 is 6.04. The average Bonchev–Trinajstić information content (AvgIpc) is 3.15. The molecule has 0 N–H and O–H groups in total. The second kappa shape index (κ2) is 8.75. The van der Waals surface area contributed by atoms with E-state index in [1.807, 2.05) is 42.5 Å². The fourth-order valence-corrected chi connectivity index (χ4v) is 3.14. The molecule has 3 rings (SSSR count). The van der Waals surface area contributed by atoms with Crippen LogP contribution in [-0.4, -0.2) is 35.8 Å². The number of hydrogen-bond acceptors (Lipinski definition) is 3. The third kappa shape index (κ3) is 4.88. The van der Waals surface area contributed by atoms with Crippen LogP contribution in [0, 0.1) is 0 Å². The molecule has 0 bridgehead atoms. The number of likely N-dealkylation sites (tertiary alicyclic amines) is 1. The number of halogens is 1. The van der Waals surface area contributed by atoms with Gasteiger partial charge in [-0.2, -0.15) is 0 Å². The maximum Gasteiger partial charge on any atom is 0.142 e. The van der Waals surface area contributed by atoms with Crippen LogP contribution in [-0.2, 0) is 4.79 Å². The number of allylic oxidation sites excluding steroid dienone is 1. The van der Waals surface area contributed by atoms with Crippen molar-refractivity contribution in [2.45, 2.75) is 12.8 Å². The van der Waals surface area contributed by atoms with Gasteiger partial charge in [-0.3, -0.25) is 9.69 Å². The number of rotatable bonds is 6. The zero-order chi connectivity index (χ0) is 17.5. The second-order valence-electron chi connectivity index (χ2n) is 6.08. The van der Waals surface area contributed by atoms with Crippen LogP contribution in [0.4, 0.5) is 0 Å². The van der Waals surface area contributed by atoms with Crippen molar-refractivity contribution in [3.05, 3.63) is 76.6 Å². The molecule has 4 heteroatoms. The Kier molecular flexibility index (Phi) is 6.15. The Morgan fingerprint density at radius 3 is 2.60 bits per heavy atom. The van der Waals surface area contributed by atoms with E-state index < -0.39 is 0 Å². The minimum absolute atomic E-state index is 0.721. The molecule has 3 nitrogen and oxygen atoms in total. The van der Waals surface area contributed by atoms with Gasteiger partial charge in [0.25, 0.3) is 0 Å². The lowest BCUT2D eigenvalue weighted by molar-refractivity contribution is -0.104. The van der Waals surface area contributed by atoms with E-state index in [9.17, 15) is 4.79 Å². The van der Waals surface area contributed by atoms with E-state index in [1.54, 1.807) is 6.08 Å².